The molecule has 0 saturated carbocycles. The zero-order chi connectivity index (χ0) is 16.5. The summed E-state index contributed by atoms with van der Waals surface area (Å²) in [6, 6.07) is 4.94. The van der Waals surface area contributed by atoms with Gasteiger partial charge in [-0.2, -0.15) is 18.3 Å². The van der Waals surface area contributed by atoms with Gasteiger partial charge in [-0.3, -0.25) is 4.68 Å². The van der Waals surface area contributed by atoms with Crippen LogP contribution < -0.4 is 5.32 Å². The molecule has 0 unspecified atom stereocenters. The van der Waals surface area contributed by atoms with Crippen molar-refractivity contribution in [2.24, 2.45) is 0 Å². The fraction of sp³-hybridized carbons (Fsp3) is 0.308. The first kappa shape index (κ1) is 16.3. The van der Waals surface area contributed by atoms with E-state index in [4.69, 9.17) is 0 Å². The van der Waals surface area contributed by atoms with E-state index in [-0.39, 0.29) is 11.7 Å². The van der Waals surface area contributed by atoms with Crippen molar-refractivity contribution in [1.82, 2.24) is 9.78 Å². The number of alkyl halides is 3. The summed E-state index contributed by atoms with van der Waals surface area (Å²) in [4.78, 5) is -0.820. The molecule has 120 valence electrons. The molecule has 0 radical (unpaired) electrons. The maximum atomic E-state index is 12.7. The molecule has 5 nitrogen and oxygen atoms in total. The lowest BCUT2D eigenvalue weighted by atomic mass is 10.3. The van der Waals surface area contributed by atoms with Gasteiger partial charge in [0.1, 0.15) is 0 Å². The van der Waals surface area contributed by atoms with Gasteiger partial charge in [0.15, 0.2) is 0 Å². The summed E-state index contributed by atoms with van der Waals surface area (Å²) in [6.07, 6.45) is 3.00. The fourth-order valence-corrected chi connectivity index (χ4v) is 2.69. The summed E-state index contributed by atoms with van der Waals surface area (Å²) in [5.41, 5.74) is -5.10. The van der Waals surface area contributed by atoms with E-state index in [1.165, 1.54) is 24.4 Å². The van der Waals surface area contributed by atoms with E-state index >= 15 is 0 Å². The van der Waals surface area contributed by atoms with Crippen LogP contribution in [-0.2, 0) is 9.84 Å². The Morgan fingerprint density at radius 1 is 1.23 bits per heavy atom. The molecule has 1 aromatic carbocycles. The number of para-hydroxylation sites is 1. The molecule has 0 aliphatic carbocycles. The molecule has 1 N–H and O–H groups in total. The highest BCUT2D eigenvalue weighted by atomic mass is 32.2. The van der Waals surface area contributed by atoms with Crippen LogP contribution in [-0.4, -0.2) is 23.7 Å². The predicted octanol–water partition coefficient (Wildman–Crippen LogP) is 3.50. The van der Waals surface area contributed by atoms with Gasteiger partial charge in [-0.25, -0.2) is 8.42 Å². The van der Waals surface area contributed by atoms with Crippen molar-refractivity contribution in [3.05, 3.63) is 36.7 Å². The van der Waals surface area contributed by atoms with Gasteiger partial charge in [-0.15, -0.1) is 0 Å². The van der Waals surface area contributed by atoms with Gasteiger partial charge in [0.25, 0.3) is 9.84 Å². The molecule has 0 aliphatic heterocycles. The van der Waals surface area contributed by atoms with Crippen molar-refractivity contribution in [1.29, 1.82) is 0 Å². The number of aromatic nitrogens is 2. The van der Waals surface area contributed by atoms with E-state index in [1.807, 2.05) is 13.8 Å². The molecule has 1 aromatic heterocycles. The first-order valence-corrected chi connectivity index (χ1v) is 7.83. The minimum absolute atomic E-state index is 0.0738. The number of nitrogens with one attached hydrogen (secondary N) is 1. The van der Waals surface area contributed by atoms with Crippen molar-refractivity contribution in [3.8, 4) is 0 Å². The lowest BCUT2D eigenvalue weighted by molar-refractivity contribution is -0.0435. The van der Waals surface area contributed by atoms with Crippen LogP contribution in [0.3, 0.4) is 0 Å². The molecule has 0 aliphatic rings. The minimum atomic E-state index is -5.43. The fourth-order valence-electron chi connectivity index (χ4n) is 1.77. The standard InChI is InChI=1S/C13H14F3N3O2S/c1-9(2)19-8-10(7-17-19)18-11-5-3-4-6-12(11)22(20,21)13(14,15)16/h3-9,18H,1-2H3. The maximum absolute atomic E-state index is 12.7. The first-order valence-electron chi connectivity index (χ1n) is 6.34. The van der Waals surface area contributed by atoms with Crippen molar-refractivity contribution in [2.45, 2.75) is 30.3 Å². The molecule has 0 atom stereocenters. The summed E-state index contributed by atoms with van der Waals surface area (Å²) in [5, 5.41) is 6.70. The number of sulfone groups is 1. The van der Waals surface area contributed by atoms with Gasteiger partial charge in [0.05, 0.1) is 22.5 Å². The Bertz CT molecular complexity index is 767. The van der Waals surface area contributed by atoms with Crippen LogP contribution in [0.2, 0.25) is 0 Å². The van der Waals surface area contributed by atoms with Gasteiger partial charge in [-0.1, -0.05) is 12.1 Å². The number of halogens is 3. The van der Waals surface area contributed by atoms with Gasteiger partial charge >= 0.3 is 5.51 Å². The third-order valence-corrected chi connectivity index (χ3v) is 4.44. The average molecular weight is 333 g/mol. The Morgan fingerprint density at radius 2 is 1.86 bits per heavy atom. The largest absolute Gasteiger partial charge is 0.501 e. The molecule has 22 heavy (non-hydrogen) atoms. The van der Waals surface area contributed by atoms with Crippen LogP contribution in [0.1, 0.15) is 19.9 Å². The zero-order valence-corrected chi connectivity index (χ0v) is 12.6. The molecule has 2 aromatic rings. The van der Waals surface area contributed by atoms with Crippen LogP contribution in [0.15, 0.2) is 41.6 Å². The number of anilines is 2. The second-order valence-corrected chi connectivity index (χ2v) is 6.78. The van der Waals surface area contributed by atoms with E-state index in [9.17, 15) is 21.6 Å². The van der Waals surface area contributed by atoms with Crippen LogP contribution >= 0.6 is 0 Å². The van der Waals surface area contributed by atoms with Crippen molar-refractivity contribution in [2.75, 3.05) is 5.32 Å². The lowest BCUT2D eigenvalue weighted by Crippen LogP contribution is -2.24. The van der Waals surface area contributed by atoms with E-state index in [1.54, 1.807) is 10.9 Å². The van der Waals surface area contributed by atoms with E-state index in [2.05, 4.69) is 10.4 Å². The summed E-state index contributed by atoms with van der Waals surface area (Å²) < 4.78 is 62.9. The minimum Gasteiger partial charge on any atom is -0.352 e. The SMILES string of the molecule is CC(C)n1cc(Nc2ccccc2S(=O)(=O)C(F)(F)F)cn1. The Kier molecular flexibility index (Phi) is 4.19. The molecule has 0 fully saturated rings. The number of benzene rings is 1. The van der Waals surface area contributed by atoms with Crippen LogP contribution in [0.5, 0.6) is 0 Å². The molecule has 2 rings (SSSR count). The van der Waals surface area contributed by atoms with Gasteiger partial charge in [-0.05, 0) is 26.0 Å². The molecule has 1 heterocycles. The summed E-state index contributed by atoms with van der Waals surface area (Å²) in [7, 11) is -5.43. The first-order chi connectivity index (χ1) is 10.1. The molecular weight excluding hydrogens is 319 g/mol. The quantitative estimate of drug-likeness (QED) is 0.930. The molecule has 0 bridgehead atoms. The Hall–Kier alpha value is -2.03. The number of nitrogens with zero attached hydrogens (tertiary/aromatic N) is 2. The second-order valence-electron chi connectivity index (χ2n) is 4.87. The number of rotatable bonds is 4. The van der Waals surface area contributed by atoms with Gasteiger partial charge < -0.3 is 5.32 Å². The molecule has 0 amide bonds. The van der Waals surface area contributed by atoms with Crippen molar-refractivity contribution < 1.29 is 21.6 Å². The van der Waals surface area contributed by atoms with Crippen molar-refractivity contribution in [3.63, 3.8) is 0 Å². The molecule has 0 spiro atoms. The number of hydrogen-bond donors (Lipinski definition) is 1. The topological polar surface area (TPSA) is 64.0 Å². The molecule has 9 heteroatoms. The number of hydrogen-bond acceptors (Lipinski definition) is 4. The normalized spacial score (nSPS) is 12.6. The molecule has 0 saturated heterocycles. The lowest BCUT2D eigenvalue weighted by Gasteiger charge is -2.13. The van der Waals surface area contributed by atoms with Crippen LogP contribution in [0.25, 0.3) is 0 Å². The van der Waals surface area contributed by atoms with Gasteiger partial charge in [0.2, 0.25) is 0 Å². The Balaban J connectivity index is 2.41. The van der Waals surface area contributed by atoms with Crippen molar-refractivity contribution >= 4 is 21.2 Å². The third-order valence-electron chi connectivity index (χ3n) is 2.89. The van der Waals surface area contributed by atoms with E-state index in [0.29, 0.717) is 5.69 Å². The highest BCUT2D eigenvalue weighted by molar-refractivity contribution is 7.92. The monoisotopic (exact) mass is 333 g/mol. The second kappa shape index (κ2) is 5.64. The Labute approximate surface area is 125 Å². The van der Waals surface area contributed by atoms with E-state index < -0.39 is 20.2 Å². The third kappa shape index (κ3) is 3.08. The van der Waals surface area contributed by atoms with Crippen LogP contribution in [0, 0.1) is 0 Å². The highest BCUT2D eigenvalue weighted by Gasteiger charge is 2.47. The molecular formula is C13H14F3N3O2S. The summed E-state index contributed by atoms with van der Waals surface area (Å²) in [5.74, 6) is 0. The highest BCUT2D eigenvalue weighted by Crippen LogP contribution is 2.35. The van der Waals surface area contributed by atoms with Crippen LogP contribution in [0.4, 0.5) is 24.5 Å². The zero-order valence-electron chi connectivity index (χ0n) is 11.8. The van der Waals surface area contributed by atoms with Gasteiger partial charge in [0, 0.05) is 12.2 Å². The predicted molar refractivity (Wildman–Crippen MR) is 75.6 cm³/mol. The summed E-state index contributed by atoms with van der Waals surface area (Å²) >= 11 is 0. The summed E-state index contributed by atoms with van der Waals surface area (Å²) in [6.45, 7) is 3.78. The Morgan fingerprint density at radius 3 is 2.41 bits per heavy atom. The smallest absolute Gasteiger partial charge is 0.352 e. The van der Waals surface area contributed by atoms with E-state index in [0.717, 1.165) is 6.07 Å². The maximum Gasteiger partial charge on any atom is 0.501 e. The average Bonchev–Trinajstić information content (AvgIpc) is 2.86.